The van der Waals surface area contributed by atoms with Gasteiger partial charge >= 0.3 is 0 Å². The Morgan fingerprint density at radius 2 is 2.17 bits per heavy atom. The number of hydrogen-bond acceptors (Lipinski definition) is 4. The Morgan fingerprint density at radius 3 is 2.67 bits per heavy atom. The minimum atomic E-state index is -3.81. The van der Waals surface area contributed by atoms with E-state index in [0.29, 0.717) is 3.57 Å². The van der Waals surface area contributed by atoms with Crippen molar-refractivity contribution in [3.63, 3.8) is 0 Å². The van der Waals surface area contributed by atoms with Crippen LogP contribution < -0.4 is 4.90 Å². The summed E-state index contributed by atoms with van der Waals surface area (Å²) < 4.78 is 35.9. The van der Waals surface area contributed by atoms with Crippen molar-refractivity contribution < 1.29 is 17.6 Å². The Balaban J connectivity index is 2.30. The van der Waals surface area contributed by atoms with Crippen molar-refractivity contribution in [2.45, 2.75) is 11.7 Å². The van der Waals surface area contributed by atoms with Gasteiger partial charge in [0.15, 0.2) is 0 Å². The van der Waals surface area contributed by atoms with E-state index in [1.165, 1.54) is 12.1 Å². The first kappa shape index (κ1) is 13.9. The number of carbonyl (C=O) groups excluding carboxylic acids is 1. The molecule has 0 aliphatic carbocycles. The number of aromatic nitrogens is 1. The first-order chi connectivity index (χ1) is 8.29. The third-order valence-corrected chi connectivity index (χ3v) is 5.23. The zero-order chi connectivity index (χ0) is 13.5. The highest BCUT2D eigenvalue weighted by atomic mass is 127. The van der Waals surface area contributed by atoms with Crippen molar-refractivity contribution in [1.82, 2.24) is 4.98 Å². The fraction of sp³-hybridized carbons (Fsp3) is 0.333. The molecule has 2 rings (SSSR count). The summed E-state index contributed by atoms with van der Waals surface area (Å²) in [5.74, 6) is -1.03. The summed E-state index contributed by atoms with van der Waals surface area (Å²) in [5, 5.41) is -0.976. The standard InChI is InChI=1S/C9H7ClFIN2O3S/c10-18(16,17)5-3-8(15)14(4-5)7-2-1-6(12)9(11)13-7/h1-2,5H,3-4H2. The first-order valence-electron chi connectivity index (χ1n) is 4.85. The molecule has 1 saturated heterocycles. The van der Waals surface area contributed by atoms with Gasteiger partial charge in [0.05, 0.1) is 3.57 Å². The second kappa shape index (κ2) is 4.89. The summed E-state index contributed by atoms with van der Waals surface area (Å²) in [6, 6.07) is 2.93. The summed E-state index contributed by atoms with van der Waals surface area (Å²) in [7, 11) is 1.40. The molecule has 0 aromatic carbocycles. The second-order valence-electron chi connectivity index (χ2n) is 3.75. The maximum atomic E-state index is 13.3. The third kappa shape index (κ3) is 2.75. The summed E-state index contributed by atoms with van der Waals surface area (Å²) in [6.07, 6.45) is -0.207. The molecular weight excluding hydrogens is 398 g/mol. The van der Waals surface area contributed by atoms with Crippen LogP contribution in [-0.2, 0) is 13.8 Å². The van der Waals surface area contributed by atoms with Gasteiger partial charge in [-0.2, -0.15) is 4.39 Å². The Labute approximate surface area is 121 Å². The van der Waals surface area contributed by atoms with Gasteiger partial charge in [0.1, 0.15) is 11.1 Å². The monoisotopic (exact) mass is 404 g/mol. The number of anilines is 1. The number of hydrogen-bond donors (Lipinski definition) is 0. The predicted octanol–water partition coefficient (Wildman–Crippen LogP) is 1.50. The van der Waals surface area contributed by atoms with Crippen LogP contribution in [0.25, 0.3) is 0 Å². The minimum Gasteiger partial charge on any atom is -0.295 e. The van der Waals surface area contributed by atoms with Gasteiger partial charge in [-0.15, -0.1) is 0 Å². The number of pyridine rings is 1. The van der Waals surface area contributed by atoms with E-state index in [-0.39, 0.29) is 18.8 Å². The Bertz CT molecular complexity index is 610. The van der Waals surface area contributed by atoms with Gasteiger partial charge in [0.25, 0.3) is 0 Å². The number of nitrogens with zero attached hydrogens (tertiary/aromatic N) is 2. The molecule has 1 aromatic heterocycles. The lowest BCUT2D eigenvalue weighted by Gasteiger charge is -2.14. The molecule has 5 nitrogen and oxygen atoms in total. The van der Waals surface area contributed by atoms with Gasteiger partial charge in [-0.05, 0) is 34.7 Å². The number of rotatable bonds is 2. The lowest BCUT2D eigenvalue weighted by atomic mass is 10.4. The van der Waals surface area contributed by atoms with Crippen LogP contribution >= 0.6 is 33.3 Å². The van der Waals surface area contributed by atoms with E-state index in [4.69, 9.17) is 10.7 Å². The smallest absolute Gasteiger partial charge is 0.237 e. The molecule has 0 saturated carbocycles. The second-order valence-corrected chi connectivity index (χ2v) is 7.82. The molecule has 98 valence electrons. The number of halogens is 3. The van der Waals surface area contributed by atoms with Gasteiger partial charge in [0.2, 0.25) is 20.9 Å². The van der Waals surface area contributed by atoms with E-state index in [9.17, 15) is 17.6 Å². The van der Waals surface area contributed by atoms with Gasteiger partial charge < -0.3 is 0 Å². The van der Waals surface area contributed by atoms with Crippen LogP contribution in [0.5, 0.6) is 0 Å². The molecule has 1 aliphatic heterocycles. The van der Waals surface area contributed by atoms with Crippen LogP contribution in [0.2, 0.25) is 0 Å². The zero-order valence-corrected chi connectivity index (χ0v) is 12.5. The first-order valence-corrected chi connectivity index (χ1v) is 8.30. The van der Waals surface area contributed by atoms with E-state index in [2.05, 4.69) is 4.98 Å². The Kier molecular flexibility index (Phi) is 3.79. The molecule has 1 fully saturated rings. The van der Waals surface area contributed by atoms with Gasteiger partial charge in [-0.3, -0.25) is 9.69 Å². The Hall–Kier alpha value is -0.480. The fourth-order valence-electron chi connectivity index (χ4n) is 1.64. The van der Waals surface area contributed by atoms with Crippen molar-refractivity contribution in [3.8, 4) is 0 Å². The van der Waals surface area contributed by atoms with E-state index >= 15 is 0 Å². The summed E-state index contributed by atoms with van der Waals surface area (Å²) in [4.78, 5) is 16.4. The fourth-order valence-corrected chi connectivity index (χ4v) is 2.97. The molecule has 18 heavy (non-hydrogen) atoms. The van der Waals surface area contributed by atoms with Crippen molar-refractivity contribution >= 4 is 54.0 Å². The predicted molar refractivity (Wildman–Crippen MR) is 72.4 cm³/mol. The quantitative estimate of drug-likeness (QED) is 0.426. The van der Waals surface area contributed by atoms with E-state index < -0.39 is 26.2 Å². The molecule has 1 atom stereocenters. The SMILES string of the molecule is O=C1CC(S(=O)(=O)Cl)CN1c1ccc(I)c(F)n1. The van der Waals surface area contributed by atoms with E-state index in [0.717, 1.165) is 4.90 Å². The number of carbonyl (C=O) groups is 1. The van der Waals surface area contributed by atoms with Crippen LogP contribution in [0.1, 0.15) is 6.42 Å². The molecule has 0 spiro atoms. The zero-order valence-electron chi connectivity index (χ0n) is 8.81. The maximum absolute atomic E-state index is 13.3. The lowest BCUT2D eigenvalue weighted by Crippen LogP contribution is -2.27. The van der Waals surface area contributed by atoms with E-state index in [1.54, 1.807) is 22.6 Å². The molecule has 2 heterocycles. The molecule has 0 N–H and O–H groups in total. The average Bonchev–Trinajstić information content (AvgIpc) is 2.64. The van der Waals surface area contributed by atoms with Crippen molar-refractivity contribution in [1.29, 1.82) is 0 Å². The number of amides is 1. The van der Waals surface area contributed by atoms with Crippen molar-refractivity contribution in [2.24, 2.45) is 0 Å². The molecular formula is C9H7ClFIN2O3S. The highest BCUT2D eigenvalue weighted by molar-refractivity contribution is 14.1. The molecule has 1 aliphatic rings. The molecule has 1 aromatic rings. The normalized spacial score (nSPS) is 20.5. The minimum absolute atomic E-state index is 0.0979. The lowest BCUT2D eigenvalue weighted by molar-refractivity contribution is -0.117. The summed E-state index contributed by atoms with van der Waals surface area (Å²) >= 11 is 1.77. The van der Waals surface area contributed by atoms with Crippen LogP contribution in [0, 0.1) is 9.52 Å². The molecule has 1 amide bonds. The van der Waals surface area contributed by atoms with Crippen LogP contribution in [0.4, 0.5) is 10.2 Å². The van der Waals surface area contributed by atoms with E-state index in [1.807, 2.05) is 0 Å². The molecule has 1 unspecified atom stereocenters. The largest absolute Gasteiger partial charge is 0.295 e. The van der Waals surface area contributed by atoms with Crippen LogP contribution in [0.3, 0.4) is 0 Å². The van der Waals surface area contributed by atoms with Crippen molar-refractivity contribution in [3.05, 3.63) is 21.7 Å². The van der Waals surface area contributed by atoms with Crippen LogP contribution in [0.15, 0.2) is 12.1 Å². The third-order valence-electron chi connectivity index (χ3n) is 2.55. The summed E-state index contributed by atoms with van der Waals surface area (Å²) in [5.41, 5.74) is 0. The van der Waals surface area contributed by atoms with Crippen molar-refractivity contribution in [2.75, 3.05) is 11.4 Å². The molecule has 0 radical (unpaired) electrons. The van der Waals surface area contributed by atoms with Gasteiger partial charge in [0, 0.05) is 23.6 Å². The molecule has 9 heteroatoms. The average molecular weight is 405 g/mol. The maximum Gasteiger partial charge on any atom is 0.237 e. The highest BCUT2D eigenvalue weighted by Crippen LogP contribution is 2.26. The topological polar surface area (TPSA) is 67.3 Å². The van der Waals surface area contributed by atoms with Gasteiger partial charge in [-0.25, -0.2) is 13.4 Å². The Morgan fingerprint density at radius 1 is 1.50 bits per heavy atom. The summed E-state index contributed by atoms with van der Waals surface area (Å²) in [6.45, 7) is -0.0995. The molecule has 0 bridgehead atoms. The highest BCUT2D eigenvalue weighted by Gasteiger charge is 2.38. The van der Waals surface area contributed by atoms with Gasteiger partial charge in [-0.1, -0.05) is 0 Å². The van der Waals surface area contributed by atoms with Crippen LogP contribution in [-0.4, -0.2) is 31.1 Å².